The molecule has 3 atom stereocenters. The van der Waals surface area contributed by atoms with Gasteiger partial charge in [-0.15, -0.1) is 0 Å². The highest BCUT2D eigenvalue weighted by atomic mass is 16.5. The Bertz CT molecular complexity index is 611. The lowest BCUT2D eigenvalue weighted by Gasteiger charge is -2.34. The number of carbonyl (C=O) groups excluding carboxylic acids is 1. The molecule has 1 aliphatic carbocycles. The third-order valence-corrected chi connectivity index (χ3v) is 8.01. The van der Waals surface area contributed by atoms with Crippen molar-refractivity contribution in [2.75, 3.05) is 0 Å². The second-order valence-electron chi connectivity index (χ2n) is 11.9. The lowest BCUT2D eigenvalue weighted by molar-refractivity contribution is -0.168. The standard InChI is InChI=1S/C32H58O4/c1-5-6-7-8-9-10-11-12-15-18-23-28(24-19-16-13-14-17-22-27(2)3)36-31(35)32(4)26-21-20-25-29(32)30(33)34/h21,26-29H,5-20,22-25H2,1-4H3,(H,33,34). The molecular weight excluding hydrogens is 448 g/mol. The second-order valence-corrected chi connectivity index (χ2v) is 11.9. The molecule has 210 valence electrons. The van der Waals surface area contributed by atoms with E-state index in [-0.39, 0.29) is 12.1 Å². The molecule has 1 aliphatic rings. The Morgan fingerprint density at radius 3 is 1.78 bits per heavy atom. The number of carbonyl (C=O) groups is 2. The number of hydrogen-bond donors (Lipinski definition) is 1. The van der Waals surface area contributed by atoms with Gasteiger partial charge in [0, 0.05) is 0 Å². The first-order valence-corrected chi connectivity index (χ1v) is 15.4. The fraction of sp³-hybridized carbons (Fsp3) is 0.875. The van der Waals surface area contributed by atoms with E-state index in [1.165, 1.54) is 89.9 Å². The van der Waals surface area contributed by atoms with Gasteiger partial charge in [-0.25, -0.2) is 0 Å². The van der Waals surface area contributed by atoms with Crippen molar-refractivity contribution in [3.8, 4) is 0 Å². The zero-order valence-corrected chi connectivity index (χ0v) is 24.2. The molecule has 3 unspecified atom stereocenters. The first-order chi connectivity index (χ1) is 17.3. The van der Waals surface area contributed by atoms with Gasteiger partial charge in [0.05, 0.1) is 11.3 Å². The van der Waals surface area contributed by atoms with Crippen LogP contribution in [0.4, 0.5) is 0 Å². The average Bonchev–Trinajstić information content (AvgIpc) is 2.84. The molecule has 0 fully saturated rings. The summed E-state index contributed by atoms with van der Waals surface area (Å²) in [5.41, 5.74) is -1.06. The summed E-state index contributed by atoms with van der Waals surface area (Å²) in [7, 11) is 0. The molecule has 0 aromatic carbocycles. The molecular formula is C32H58O4. The van der Waals surface area contributed by atoms with Gasteiger partial charge in [-0.2, -0.15) is 0 Å². The SMILES string of the molecule is CCCCCCCCCCCCC(CCCCCCCC(C)C)OC(=O)C1(C)C=CCCC1C(=O)O. The highest BCUT2D eigenvalue weighted by Crippen LogP contribution is 2.38. The van der Waals surface area contributed by atoms with E-state index in [1.807, 2.05) is 6.08 Å². The minimum Gasteiger partial charge on any atom is -0.481 e. The minimum atomic E-state index is -1.06. The fourth-order valence-corrected chi connectivity index (χ4v) is 5.45. The van der Waals surface area contributed by atoms with Crippen LogP contribution in [0.1, 0.15) is 156 Å². The van der Waals surface area contributed by atoms with Crippen molar-refractivity contribution in [2.45, 2.75) is 162 Å². The van der Waals surface area contributed by atoms with E-state index < -0.39 is 17.3 Å². The number of hydrogen-bond acceptors (Lipinski definition) is 3. The Balaban J connectivity index is 2.48. The molecule has 0 bridgehead atoms. The summed E-state index contributed by atoms with van der Waals surface area (Å²) in [6.45, 7) is 8.57. The number of carboxylic acids is 1. The molecule has 0 aliphatic heterocycles. The Hall–Kier alpha value is -1.32. The fourth-order valence-electron chi connectivity index (χ4n) is 5.45. The van der Waals surface area contributed by atoms with Gasteiger partial charge in [0.15, 0.2) is 0 Å². The molecule has 1 N–H and O–H groups in total. The van der Waals surface area contributed by atoms with E-state index >= 15 is 0 Å². The van der Waals surface area contributed by atoms with Gasteiger partial charge >= 0.3 is 11.9 Å². The largest absolute Gasteiger partial charge is 0.481 e. The molecule has 0 saturated carbocycles. The normalized spacial score (nSPS) is 20.5. The maximum absolute atomic E-state index is 13.2. The number of carboxylic acid groups (broad SMARTS) is 1. The third-order valence-electron chi connectivity index (χ3n) is 8.01. The molecule has 4 heteroatoms. The number of aliphatic carboxylic acids is 1. The van der Waals surface area contributed by atoms with E-state index in [2.05, 4.69) is 20.8 Å². The molecule has 0 aromatic rings. The van der Waals surface area contributed by atoms with E-state index in [0.717, 1.165) is 31.6 Å². The summed E-state index contributed by atoms with van der Waals surface area (Å²) in [5, 5.41) is 9.70. The molecule has 0 saturated heterocycles. The van der Waals surface area contributed by atoms with Crippen LogP contribution in [0.15, 0.2) is 12.2 Å². The van der Waals surface area contributed by atoms with Crippen LogP contribution in [0, 0.1) is 17.3 Å². The van der Waals surface area contributed by atoms with Crippen molar-refractivity contribution in [3.63, 3.8) is 0 Å². The quantitative estimate of drug-likeness (QED) is 0.0901. The predicted molar refractivity (Wildman–Crippen MR) is 151 cm³/mol. The lowest BCUT2D eigenvalue weighted by Crippen LogP contribution is -2.42. The zero-order chi connectivity index (χ0) is 26.7. The number of unbranched alkanes of at least 4 members (excludes halogenated alkanes) is 13. The minimum absolute atomic E-state index is 0.0937. The van der Waals surface area contributed by atoms with Gasteiger partial charge in [0.25, 0.3) is 0 Å². The van der Waals surface area contributed by atoms with Crippen molar-refractivity contribution >= 4 is 11.9 Å². The maximum atomic E-state index is 13.2. The Morgan fingerprint density at radius 2 is 1.31 bits per heavy atom. The predicted octanol–water partition coefficient (Wildman–Crippen LogP) is 9.65. The first-order valence-electron chi connectivity index (χ1n) is 15.4. The van der Waals surface area contributed by atoms with Crippen molar-refractivity contribution in [2.24, 2.45) is 17.3 Å². The van der Waals surface area contributed by atoms with E-state index in [1.54, 1.807) is 13.0 Å². The van der Waals surface area contributed by atoms with Crippen LogP contribution in [0.25, 0.3) is 0 Å². The number of allylic oxidation sites excluding steroid dienone is 1. The summed E-state index contributed by atoms with van der Waals surface area (Å²) in [6.07, 6.45) is 26.9. The smallest absolute Gasteiger partial charge is 0.316 e. The summed E-state index contributed by atoms with van der Waals surface area (Å²) in [4.78, 5) is 25.1. The molecule has 0 amide bonds. The van der Waals surface area contributed by atoms with Gasteiger partial charge in [-0.3, -0.25) is 9.59 Å². The van der Waals surface area contributed by atoms with E-state index in [9.17, 15) is 14.7 Å². The van der Waals surface area contributed by atoms with Crippen LogP contribution in [0.3, 0.4) is 0 Å². The van der Waals surface area contributed by atoms with Gasteiger partial charge in [0.2, 0.25) is 0 Å². The maximum Gasteiger partial charge on any atom is 0.316 e. The lowest BCUT2D eigenvalue weighted by atomic mass is 9.71. The Kier molecular flexibility index (Phi) is 17.9. The summed E-state index contributed by atoms with van der Waals surface area (Å²) in [6, 6.07) is 0. The number of esters is 1. The third kappa shape index (κ3) is 13.8. The first kappa shape index (κ1) is 32.7. The van der Waals surface area contributed by atoms with Crippen LogP contribution in [-0.2, 0) is 14.3 Å². The highest BCUT2D eigenvalue weighted by molar-refractivity contribution is 5.86. The Morgan fingerprint density at radius 1 is 0.833 bits per heavy atom. The second kappa shape index (κ2) is 19.7. The van der Waals surface area contributed by atoms with Crippen molar-refractivity contribution < 1.29 is 19.4 Å². The van der Waals surface area contributed by atoms with Gasteiger partial charge in [0.1, 0.15) is 6.10 Å². The molecule has 36 heavy (non-hydrogen) atoms. The molecule has 1 rings (SSSR count). The van der Waals surface area contributed by atoms with Crippen LogP contribution >= 0.6 is 0 Å². The Labute approximate surface area is 223 Å². The molecule has 0 heterocycles. The molecule has 0 aromatic heterocycles. The van der Waals surface area contributed by atoms with E-state index in [0.29, 0.717) is 12.8 Å². The summed E-state index contributed by atoms with van der Waals surface area (Å²) in [5.74, 6) is -1.17. The van der Waals surface area contributed by atoms with Gasteiger partial charge in [-0.1, -0.05) is 123 Å². The zero-order valence-electron chi connectivity index (χ0n) is 24.2. The van der Waals surface area contributed by atoms with Crippen molar-refractivity contribution in [1.29, 1.82) is 0 Å². The van der Waals surface area contributed by atoms with Gasteiger partial charge in [-0.05, 0) is 51.4 Å². The highest BCUT2D eigenvalue weighted by Gasteiger charge is 2.46. The number of rotatable bonds is 22. The van der Waals surface area contributed by atoms with Crippen LogP contribution < -0.4 is 0 Å². The van der Waals surface area contributed by atoms with Crippen LogP contribution in [-0.4, -0.2) is 23.1 Å². The van der Waals surface area contributed by atoms with E-state index in [4.69, 9.17) is 4.74 Å². The monoisotopic (exact) mass is 506 g/mol. The van der Waals surface area contributed by atoms with Crippen LogP contribution in [0.2, 0.25) is 0 Å². The van der Waals surface area contributed by atoms with Crippen LogP contribution in [0.5, 0.6) is 0 Å². The molecule has 4 nitrogen and oxygen atoms in total. The molecule has 0 radical (unpaired) electrons. The topological polar surface area (TPSA) is 63.6 Å². The molecule has 0 spiro atoms. The summed E-state index contributed by atoms with van der Waals surface area (Å²) >= 11 is 0. The average molecular weight is 507 g/mol. The van der Waals surface area contributed by atoms with Crippen molar-refractivity contribution in [1.82, 2.24) is 0 Å². The number of ether oxygens (including phenoxy) is 1. The van der Waals surface area contributed by atoms with Gasteiger partial charge < -0.3 is 9.84 Å². The summed E-state index contributed by atoms with van der Waals surface area (Å²) < 4.78 is 6.06. The van der Waals surface area contributed by atoms with Crippen molar-refractivity contribution in [3.05, 3.63) is 12.2 Å².